The molecule has 20 heavy (non-hydrogen) atoms. The summed E-state index contributed by atoms with van der Waals surface area (Å²) in [6.45, 7) is 7.30. The van der Waals surface area contributed by atoms with Gasteiger partial charge in [0.25, 0.3) is 0 Å². The number of aryl methyl sites for hydroxylation is 1. The van der Waals surface area contributed by atoms with Gasteiger partial charge in [-0.05, 0) is 43.5 Å². The zero-order valence-electron chi connectivity index (χ0n) is 12.4. The van der Waals surface area contributed by atoms with Gasteiger partial charge < -0.3 is 9.47 Å². The average Bonchev–Trinajstić information content (AvgIpc) is 2.44. The number of ether oxygens (including phenoxy) is 2. The van der Waals surface area contributed by atoms with Gasteiger partial charge in [-0.15, -0.1) is 0 Å². The summed E-state index contributed by atoms with van der Waals surface area (Å²) in [5.74, 6) is 0.753. The van der Waals surface area contributed by atoms with E-state index in [4.69, 9.17) is 9.47 Å². The largest absolute Gasteiger partial charge is 0.496 e. The molecule has 1 aliphatic rings. The first-order chi connectivity index (χ1) is 9.39. The van der Waals surface area contributed by atoms with E-state index in [-0.39, 0.29) is 0 Å². The molecule has 1 fully saturated rings. The predicted molar refractivity (Wildman–Crippen MR) is 76.8 cm³/mol. The second-order valence-electron chi connectivity index (χ2n) is 4.99. The topological polar surface area (TPSA) is 55.8 Å². The number of hydrogen-bond acceptors (Lipinski definition) is 4. The van der Waals surface area contributed by atoms with Crippen molar-refractivity contribution in [3.05, 3.63) is 22.8 Å². The van der Waals surface area contributed by atoms with Gasteiger partial charge >= 0.3 is 0 Å². The minimum Gasteiger partial charge on any atom is -0.496 e. The Hall–Kier alpha value is -1.11. The lowest BCUT2D eigenvalue weighted by Crippen LogP contribution is -2.40. The van der Waals surface area contributed by atoms with E-state index in [9.17, 15) is 8.42 Å². The lowest BCUT2D eigenvalue weighted by atomic mass is 10.1. The molecule has 0 bridgehead atoms. The maximum absolute atomic E-state index is 12.7. The van der Waals surface area contributed by atoms with Crippen molar-refractivity contribution in [1.29, 1.82) is 0 Å². The van der Waals surface area contributed by atoms with Crippen LogP contribution in [0.3, 0.4) is 0 Å². The van der Waals surface area contributed by atoms with Gasteiger partial charge in [-0.1, -0.05) is 0 Å². The third-order valence-electron chi connectivity index (χ3n) is 3.77. The van der Waals surface area contributed by atoms with Crippen molar-refractivity contribution in [1.82, 2.24) is 4.31 Å². The highest BCUT2D eigenvalue weighted by molar-refractivity contribution is 7.89. The number of sulfonamides is 1. The lowest BCUT2D eigenvalue weighted by molar-refractivity contribution is 0.0730. The lowest BCUT2D eigenvalue weighted by Gasteiger charge is -2.27. The van der Waals surface area contributed by atoms with Gasteiger partial charge in [0.1, 0.15) is 5.75 Å². The highest BCUT2D eigenvalue weighted by Crippen LogP contribution is 2.32. The Kier molecular flexibility index (Phi) is 4.36. The summed E-state index contributed by atoms with van der Waals surface area (Å²) in [5.41, 5.74) is 2.46. The number of hydrogen-bond donors (Lipinski definition) is 0. The van der Waals surface area contributed by atoms with Crippen molar-refractivity contribution in [2.45, 2.75) is 25.7 Å². The van der Waals surface area contributed by atoms with Gasteiger partial charge in [0.2, 0.25) is 10.0 Å². The minimum absolute atomic E-state index is 0.371. The Morgan fingerprint density at radius 3 is 2.30 bits per heavy atom. The Balaban J connectivity index is 2.52. The SMILES string of the molecule is COc1c(C)cc(S(=O)(=O)N2CCOCC2)c(C)c1C. The molecule has 1 aliphatic heterocycles. The molecule has 0 aromatic heterocycles. The summed E-state index contributed by atoms with van der Waals surface area (Å²) < 4.78 is 37.5. The fourth-order valence-corrected chi connectivity index (χ4v) is 4.30. The summed E-state index contributed by atoms with van der Waals surface area (Å²) >= 11 is 0. The third kappa shape index (κ3) is 2.55. The van der Waals surface area contributed by atoms with Crippen molar-refractivity contribution in [2.24, 2.45) is 0 Å². The summed E-state index contributed by atoms with van der Waals surface area (Å²) in [6.07, 6.45) is 0. The first-order valence-corrected chi connectivity index (χ1v) is 8.06. The molecular weight excluding hydrogens is 278 g/mol. The highest BCUT2D eigenvalue weighted by atomic mass is 32.2. The first-order valence-electron chi connectivity index (χ1n) is 6.62. The zero-order valence-corrected chi connectivity index (χ0v) is 13.2. The second kappa shape index (κ2) is 5.71. The Morgan fingerprint density at radius 1 is 1.15 bits per heavy atom. The Morgan fingerprint density at radius 2 is 1.75 bits per heavy atom. The molecule has 6 heteroatoms. The number of rotatable bonds is 3. The van der Waals surface area contributed by atoms with Gasteiger partial charge in [0.15, 0.2) is 0 Å². The van der Waals surface area contributed by atoms with Gasteiger partial charge in [-0.3, -0.25) is 0 Å². The standard InChI is InChI=1S/C14H21NO4S/c1-10-9-13(11(2)12(3)14(10)18-4)20(16,17)15-5-7-19-8-6-15/h9H,5-8H2,1-4H3. The molecule has 1 heterocycles. The maximum atomic E-state index is 12.7. The highest BCUT2D eigenvalue weighted by Gasteiger charge is 2.29. The van der Waals surface area contributed by atoms with E-state index in [0.717, 1.165) is 22.4 Å². The monoisotopic (exact) mass is 299 g/mol. The fourth-order valence-electron chi connectivity index (χ4n) is 2.53. The molecule has 0 amide bonds. The number of nitrogens with zero attached hydrogens (tertiary/aromatic N) is 1. The van der Waals surface area contributed by atoms with Crippen LogP contribution in [-0.4, -0.2) is 46.1 Å². The van der Waals surface area contributed by atoms with Gasteiger partial charge in [-0.2, -0.15) is 4.31 Å². The summed E-state index contributed by atoms with van der Waals surface area (Å²) in [5, 5.41) is 0. The fraction of sp³-hybridized carbons (Fsp3) is 0.571. The van der Waals surface area contributed by atoms with Crippen molar-refractivity contribution >= 4 is 10.0 Å². The molecule has 1 aromatic rings. The van der Waals surface area contributed by atoms with Crippen LogP contribution in [0.15, 0.2) is 11.0 Å². The van der Waals surface area contributed by atoms with Crippen LogP contribution in [0.2, 0.25) is 0 Å². The molecule has 0 radical (unpaired) electrons. The molecule has 112 valence electrons. The van der Waals surface area contributed by atoms with Crippen LogP contribution >= 0.6 is 0 Å². The number of methoxy groups -OCH3 is 1. The summed E-state index contributed by atoms with van der Waals surface area (Å²) in [4.78, 5) is 0.371. The predicted octanol–water partition coefficient (Wildman–Crippen LogP) is 1.64. The Labute approximate surface area is 120 Å². The normalized spacial score (nSPS) is 17.2. The second-order valence-corrected chi connectivity index (χ2v) is 6.90. The molecule has 0 saturated carbocycles. The van der Waals surface area contributed by atoms with E-state index < -0.39 is 10.0 Å². The van der Waals surface area contributed by atoms with Crippen LogP contribution in [0.5, 0.6) is 5.75 Å². The quantitative estimate of drug-likeness (QED) is 0.851. The van der Waals surface area contributed by atoms with Crippen LogP contribution in [0.4, 0.5) is 0 Å². The van der Waals surface area contributed by atoms with E-state index in [2.05, 4.69) is 0 Å². The van der Waals surface area contributed by atoms with E-state index in [1.165, 1.54) is 4.31 Å². The number of morpholine rings is 1. The molecule has 0 aliphatic carbocycles. The molecule has 1 saturated heterocycles. The Bertz CT molecular complexity index is 604. The van der Waals surface area contributed by atoms with Crippen molar-refractivity contribution in [2.75, 3.05) is 33.4 Å². The molecule has 0 spiro atoms. The van der Waals surface area contributed by atoms with Gasteiger partial charge in [0.05, 0.1) is 25.2 Å². The van der Waals surface area contributed by atoms with E-state index in [1.54, 1.807) is 13.2 Å². The van der Waals surface area contributed by atoms with Gasteiger partial charge in [0, 0.05) is 13.1 Å². The van der Waals surface area contributed by atoms with Crippen molar-refractivity contribution < 1.29 is 17.9 Å². The van der Waals surface area contributed by atoms with E-state index in [0.29, 0.717) is 31.2 Å². The maximum Gasteiger partial charge on any atom is 0.243 e. The van der Waals surface area contributed by atoms with Gasteiger partial charge in [-0.25, -0.2) is 8.42 Å². The van der Waals surface area contributed by atoms with Crippen LogP contribution in [0, 0.1) is 20.8 Å². The molecule has 1 aromatic carbocycles. The van der Waals surface area contributed by atoms with Crippen LogP contribution in [0.25, 0.3) is 0 Å². The molecule has 0 N–H and O–H groups in total. The van der Waals surface area contributed by atoms with Crippen molar-refractivity contribution in [3.8, 4) is 5.75 Å². The van der Waals surface area contributed by atoms with E-state index in [1.807, 2.05) is 20.8 Å². The summed E-state index contributed by atoms with van der Waals surface area (Å²) in [7, 11) is -1.86. The molecule has 0 atom stereocenters. The first kappa shape index (κ1) is 15.3. The molecule has 5 nitrogen and oxygen atoms in total. The average molecular weight is 299 g/mol. The third-order valence-corrected chi connectivity index (χ3v) is 5.80. The minimum atomic E-state index is -3.46. The molecular formula is C14H21NO4S. The van der Waals surface area contributed by atoms with E-state index >= 15 is 0 Å². The molecule has 0 unspecified atom stereocenters. The van der Waals surface area contributed by atoms with Crippen LogP contribution in [0.1, 0.15) is 16.7 Å². The van der Waals surface area contributed by atoms with Crippen LogP contribution < -0.4 is 4.74 Å². The molecule has 2 rings (SSSR count). The smallest absolute Gasteiger partial charge is 0.243 e. The van der Waals surface area contributed by atoms with Crippen molar-refractivity contribution in [3.63, 3.8) is 0 Å². The van der Waals surface area contributed by atoms with Crippen LogP contribution in [-0.2, 0) is 14.8 Å². The summed E-state index contributed by atoms with van der Waals surface area (Å²) in [6, 6.07) is 1.70. The zero-order chi connectivity index (χ0) is 14.9. The number of benzene rings is 1.